The van der Waals surface area contributed by atoms with Gasteiger partial charge in [-0.25, -0.2) is 0 Å². The minimum Gasteiger partial charge on any atom is -0.368 e. The van der Waals surface area contributed by atoms with Crippen LogP contribution in [-0.2, 0) is 4.79 Å². The fourth-order valence-corrected chi connectivity index (χ4v) is 2.99. The van der Waals surface area contributed by atoms with Crippen molar-refractivity contribution in [3.05, 3.63) is 48.0 Å². The molecule has 2 aromatic rings. The minimum absolute atomic E-state index is 0.250. The molecule has 0 radical (unpaired) electrons. The molecule has 0 aliphatic rings. The van der Waals surface area contributed by atoms with Crippen molar-refractivity contribution in [3.8, 4) is 0 Å². The number of carbonyl (C=O) groups is 2. The van der Waals surface area contributed by atoms with Crippen molar-refractivity contribution in [2.24, 2.45) is 5.73 Å². The maximum atomic E-state index is 12.5. The molecule has 3 N–H and O–H groups in total. The van der Waals surface area contributed by atoms with Crippen LogP contribution in [0.4, 0.5) is 0 Å². The molecular formula is C21H28N2O2. The lowest BCUT2D eigenvalue weighted by atomic mass is 10.0. The van der Waals surface area contributed by atoms with Gasteiger partial charge in [-0.2, -0.15) is 0 Å². The monoisotopic (exact) mass is 340 g/mol. The van der Waals surface area contributed by atoms with E-state index in [4.69, 9.17) is 5.73 Å². The molecule has 0 saturated heterocycles. The number of carbonyl (C=O) groups excluding carboxylic acids is 2. The van der Waals surface area contributed by atoms with Crippen molar-refractivity contribution in [1.29, 1.82) is 0 Å². The Labute approximate surface area is 149 Å². The first-order chi connectivity index (χ1) is 12.1. The predicted octanol–water partition coefficient (Wildman–Crippen LogP) is 4.17. The second-order valence-electron chi connectivity index (χ2n) is 6.55. The zero-order chi connectivity index (χ0) is 18.1. The van der Waals surface area contributed by atoms with E-state index in [1.54, 1.807) is 6.07 Å². The summed E-state index contributed by atoms with van der Waals surface area (Å²) in [6, 6.07) is 12.8. The lowest BCUT2D eigenvalue weighted by Gasteiger charge is -2.15. The second kappa shape index (κ2) is 9.82. The highest BCUT2D eigenvalue weighted by atomic mass is 16.2. The molecule has 25 heavy (non-hydrogen) atoms. The smallest absolute Gasteiger partial charge is 0.251 e. The molecule has 0 aliphatic carbocycles. The number of rotatable bonds is 10. The molecule has 2 rings (SSSR count). The van der Waals surface area contributed by atoms with Crippen LogP contribution in [0.5, 0.6) is 0 Å². The molecule has 0 heterocycles. The van der Waals surface area contributed by atoms with Crippen LogP contribution in [0.3, 0.4) is 0 Å². The average Bonchev–Trinajstić information content (AvgIpc) is 2.62. The van der Waals surface area contributed by atoms with E-state index in [1.807, 2.05) is 36.4 Å². The summed E-state index contributed by atoms with van der Waals surface area (Å²) in [5.41, 5.74) is 6.01. The highest BCUT2D eigenvalue weighted by Crippen LogP contribution is 2.16. The second-order valence-corrected chi connectivity index (χ2v) is 6.55. The first kappa shape index (κ1) is 19.0. The van der Waals surface area contributed by atoms with E-state index in [-0.39, 0.29) is 5.91 Å². The number of unbranched alkanes of at least 4 members (excludes halogenated alkanes) is 5. The largest absolute Gasteiger partial charge is 0.368 e. The molecule has 0 fully saturated rings. The van der Waals surface area contributed by atoms with Crippen molar-refractivity contribution in [2.75, 3.05) is 0 Å². The Morgan fingerprint density at radius 3 is 2.36 bits per heavy atom. The molecule has 2 aromatic carbocycles. The fourth-order valence-electron chi connectivity index (χ4n) is 2.99. The van der Waals surface area contributed by atoms with Gasteiger partial charge in [-0.05, 0) is 29.3 Å². The van der Waals surface area contributed by atoms with Crippen molar-refractivity contribution in [2.45, 2.75) is 57.9 Å². The summed E-state index contributed by atoms with van der Waals surface area (Å²) >= 11 is 0. The highest BCUT2D eigenvalue weighted by Gasteiger charge is 2.18. The molecule has 0 saturated carbocycles. The van der Waals surface area contributed by atoms with E-state index in [0.29, 0.717) is 12.0 Å². The first-order valence-corrected chi connectivity index (χ1v) is 9.21. The van der Waals surface area contributed by atoms with Crippen LogP contribution in [-0.4, -0.2) is 17.9 Å². The normalized spacial score (nSPS) is 12.0. The van der Waals surface area contributed by atoms with Gasteiger partial charge < -0.3 is 11.1 Å². The Morgan fingerprint density at radius 2 is 1.64 bits per heavy atom. The van der Waals surface area contributed by atoms with Gasteiger partial charge >= 0.3 is 0 Å². The predicted molar refractivity (Wildman–Crippen MR) is 102 cm³/mol. The summed E-state index contributed by atoms with van der Waals surface area (Å²) < 4.78 is 0. The van der Waals surface area contributed by atoms with Crippen LogP contribution in [0.1, 0.15) is 62.2 Å². The summed E-state index contributed by atoms with van der Waals surface area (Å²) in [6.07, 6.45) is 7.41. The van der Waals surface area contributed by atoms with Gasteiger partial charge in [0.25, 0.3) is 5.91 Å². The number of benzene rings is 2. The van der Waals surface area contributed by atoms with Crippen LogP contribution in [0, 0.1) is 0 Å². The Bertz CT molecular complexity index is 712. The van der Waals surface area contributed by atoms with Gasteiger partial charge in [0, 0.05) is 5.56 Å². The zero-order valence-corrected chi connectivity index (χ0v) is 15.0. The molecule has 0 spiro atoms. The van der Waals surface area contributed by atoms with Crippen LogP contribution in [0.25, 0.3) is 10.8 Å². The highest BCUT2D eigenvalue weighted by molar-refractivity contribution is 6.00. The molecule has 134 valence electrons. The number of hydrogen-bond acceptors (Lipinski definition) is 2. The van der Waals surface area contributed by atoms with Gasteiger partial charge in [-0.1, -0.05) is 75.8 Å². The molecule has 0 bridgehead atoms. The third-order valence-corrected chi connectivity index (χ3v) is 4.51. The maximum absolute atomic E-state index is 12.5. The van der Waals surface area contributed by atoms with Gasteiger partial charge in [-0.15, -0.1) is 0 Å². The Hall–Kier alpha value is -2.36. The van der Waals surface area contributed by atoms with E-state index < -0.39 is 11.9 Å². The number of hydrogen-bond donors (Lipinski definition) is 2. The number of nitrogens with two attached hydrogens (primary N) is 1. The zero-order valence-electron chi connectivity index (χ0n) is 15.0. The minimum atomic E-state index is -0.606. The fraction of sp³-hybridized carbons (Fsp3) is 0.429. The molecule has 4 heteroatoms. The van der Waals surface area contributed by atoms with E-state index in [0.717, 1.165) is 30.0 Å². The third kappa shape index (κ3) is 5.89. The van der Waals surface area contributed by atoms with Gasteiger partial charge in [0.2, 0.25) is 5.91 Å². The topological polar surface area (TPSA) is 72.2 Å². The van der Waals surface area contributed by atoms with Crippen LogP contribution >= 0.6 is 0 Å². The summed E-state index contributed by atoms with van der Waals surface area (Å²) in [7, 11) is 0. The summed E-state index contributed by atoms with van der Waals surface area (Å²) in [6.45, 7) is 2.19. The average molecular weight is 340 g/mol. The van der Waals surface area contributed by atoms with Gasteiger partial charge in [0.05, 0.1) is 0 Å². The summed E-state index contributed by atoms with van der Waals surface area (Å²) in [4.78, 5) is 24.1. The van der Waals surface area contributed by atoms with E-state index in [1.165, 1.54) is 19.3 Å². The molecular weight excluding hydrogens is 312 g/mol. The molecule has 0 unspecified atom stereocenters. The number of nitrogens with one attached hydrogen (secondary N) is 1. The molecule has 0 aromatic heterocycles. The Kier molecular flexibility index (Phi) is 7.45. The standard InChI is InChI=1S/C21H28N2O2/c1-2-3-4-5-6-7-12-19(20(22)24)23-21(25)18-14-13-16-10-8-9-11-17(16)15-18/h8-11,13-15,19H,2-7,12H2,1H3,(H2,22,24)(H,23,25)/t19-/m1/s1. The van der Waals surface area contributed by atoms with Crippen LogP contribution in [0.2, 0.25) is 0 Å². The quantitative estimate of drug-likeness (QED) is 0.637. The molecule has 4 nitrogen and oxygen atoms in total. The van der Waals surface area contributed by atoms with Gasteiger partial charge in [-0.3, -0.25) is 9.59 Å². The van der Waals surface area contributed by atoms with Crippen LogP contribution in [0.15, 0.2) is 42.5 Å². The van der Waals surface area contributed by atoms with E-state index in [2.05, 4.69) is 12.2 Å². The van der Waals surface area contributed by atoms with E-state index >= 15 is 0 Å². The lowest BCUT2D eigenvalue weighted by molar-refractivity contribution is -0.120. The molecule has 1 atom stereocenters. The third-order valence-electron chi connectivity index (χ3n) is 4.51. The summed E-state index contributed by atoms with van der Waals surface area (Å²) in [5, 5.41) is 4.87. The van der Waals surface area contributed by atoms with Crippen molar-refractivity contribution in [1.82, 2.24) is 5.32 Å². The molecule has 0 aliphatic heterocycles. The SMILES string of the molecule is CCCCCCCC[C@@H](NC(=O)c1ccc2ccccc2c1)C(N)=O. The van der Waals surface area contributed by atoms with Crippen LogP contribution < -0.4 is 11.1 Å². The van der Waals surface area contributed by atoms with E-state index in [9.17, 15) is 9.59 Å². The van der Waals surface area contributed by atoms with Crippen molar-refractivity contribution >= 4 is 22.6 Å². The Morgan fingerprint density at radius 1 is 0.960 bits per heavy atom. The number of primary amides is 1. The molecule has 2 amide bonds. The lowest BCUT2D eigenvalue weighted by Crippen LogP contribution is -2.44. The maximum Gasteiger partial charge on any atom is 0.251 e. The number of fused-ring (bicyclic) bond motifs is 1. The van der Waals surface area contributed by atoms with Gasteiger partial charge in [0.15, 0.2) is 0 Å². The Balaban J connectivity index is 1.91. The van der Waals surface area contributed by atoms with Crippen molar-refractivity contribution < 1.29 is 9.59 Å². The summed E-state index contributed by atoms with van der Waals surface area (Å²) in [5.74, 6) is -0.719. The number of amides is 2. The van der Waals surface area contributed by atoms with Gasteiger partial charge in [0.1, 0.15) is 6.04 Å². The first-order valence-electron chi connectivity index (χ1n) is 9.21. The van der Waals surface area contributed by atoms with Crippen molar-refractivity contribution in [3.63, 3.8) is 0 Å².